The third-order valence-corrected chi connectivity index (χ3v) is 3.45. The van der Waals surface area contributed by atoms with Gasteiger partial charge in [-0.15, -0.1) is 0 Å². The van der Waals surface area contributed by atoms with E-state index >= 15 is 0 Å². The Kier molecular flexibility index (Phi) is 3.74. The summed E-state index contributed by atoms with van der Waals surface area (Å²) in [6, 6.07) is 13.5. The van der Waals surface area contributed by atoms with E-state index in [1.165, 1.54) is 0 Å². The van der Waals surface area contributed by atoms with E-state index in [2.05, 4.69) is 4.98 Å². The van der Waals surface area contributed by atoms with Crippen molar-refractivity contribution in [2.45, 2.75) is 6.10 Å². The first-order chi connectivity index (χ1) is 9.84. The maximum absolute atomic E-state index is 12.4. The molecule has 1 aliphatic rings. The zero-order chi connectivity index (χ0) is 13.8. The molecule has 1 aromatic carbocycles. The van der Waals surface area contributed by atoms with Gasteiger partial charge in [-0.2, -0.15) is 0 Å². The second kappa shape index (κ2) is 5.84. The Morgan fingerprint density at radius 1 is 1.15 bits per heavy atom. The topological polar surface area (TPSA) is 42.4 Å². The number of amides is 1. The van der Waals surface area contributed by atoms with Crippen LogP contribution < -0.4 is 0 Å². The van der Waals surface area contributed by atoms with E-state index in [0.717, 1.165) is 5.56 Å². The predicted octanol–water partition coefficient (Wildman–Crippen LogP) is 2.30. The summed E-state index contributed by atoms with van der Waals surface area (Å²) in [6.45, 7) is 1.78. The van der Waals surface area contributed by atoms with Crippen LogP contribution in [-0.2, 0) is 4.74 Å². The molecule has 0 N–H and O–H groups in total. The van der Waals surface area contributed by atoms with Crippen molar-refractivity contribution in [3.63, 3.8) is 0 Å². The average Bonchev–Trinajstić information content (AvgIpc) is 2.56. The fraction of sp³-hybridized carbons (Fsp3) is 0.250. The van der Waals surface area contributed by atoms with Crippen LogP contribution in [0.1, 0.15) is 22.0 Å². The molecular weight excluding hydrogens is 252 g/mol. The number of pyridine rings is 1. The molecule has 2 aromatic rings. The largest absolute Gasteiger partial charge is 0.370 e. The molecular formula is C16H16N2O2. The fourth-order valence-electron chi connectivity index (χ4n) is 2.38. The van der Waals surface area contributed by atoms with Gasteiger partial charge in [0, 0.05) is 24.5 Å². The van der Waals surface area contributed by atoms with E-state index in [4.69, 9.17) is 4.74 Å². The highest BCUT2D eigenvalue weighted by Gasteiger charge is 2.25. The van der Waals surface area contributed by atoms with Gasteiger partial charge in [0.2, 0.25) is 0 Å². The van der Waals surface area contributed by atoms with E-state index in [0.29, 0.717) is 25.3 Å². The molecule has 0 bridgehead atoms. The van der Waals surface area contributed by atoms with Crippen LogP contribution in [0.3, 0.4) is 0 Å². The molecule has 102 valence electrons. The van der Waals surface area contributed by atoms with Crippen LogP contribution in [0.15, 0.2) is 54.9 Å². The number of benzene rings is 1. The molecule has 0 saturated carbocycles. The molecule has 1 aliphatic heterocycles. The SMILES string of the molecule is O=C(c1ccncc1)N1CCO[C@H](c2ccccc2)C1. The summed E-state index contributed by atoms with van der Waals surface area (Å²) < 4.78 is 5.77. The van der Waals surface area contributed by atoms with Gasteiger partial charge in [-0.3, -0.25) is 9.78 Å². The maximum Gasteiger partial charge on any atom is 0.254 e. The summed E-state index contributed by atoms with van der Waals surface area (Å²) in [5, 5.41) is 0. The van der Waals surface area contributed by atoms with Crippen LogP contribution in [0, 0.1) is 0 Å². The van der Waals surface area contributed by atoms with Gasteiger partial charge in [0.05, 0.1) is 13.2 Å². The Morgan fingerprint density at radius 2 is 1.90 bits per heavy atom. The standard InChI is InChI=1S/C16H16N2O2/c19-16(14-6-8-17-9-7-14)18-10-11-20-15(12-18)13-4-2-1-3-5-13/h1-9,15H,10-12H2/t15-/m0/s1. The molecule has 0 unspecified atom stereocenters. The van der Waals surface area contributed by atoms with E-state index in [1.54, 1.807) is 24.5 Å². The van der Waals surface area contributed by atoms with E-state index < -0.39 is 0 Å². The number of carbonyl (C=O) groups is 1. The molecule has 1 atom stereocenters. The minimum atomic E-state index is -0.0456. The first kappa shape index (κ1) is 12.8. The molecule has 0 aliphatic carbocycles. The Labute approximate surface area is 118 Å². The minimum absolute atomic E-state index is 0.0385. The van der Waals surface area contributed by atoms with Gasteiger partial charge in [0.15, 0.2) is 0 Å². The van der Waals surface area contributed by atoms with Crippen molar-refractivity contribution in [2.24, 2.45) is 0 Å². The van der Waals surface area contributed by atoms with Crippen LogP contribution in [0.25, 0.3) is 0 Å². The Bertz CT molecular complexity index is 572. The molecule has 2 heterocycles. The molecule has 4 heteroatoms. The van der Waals surface area contributed by atoms with Gasteiger partial charge in [-0.25, -0.2) is 0 Å². The summed E-state index contributed by atoms with van der Waals surface area (Å²) in [5.41, 5.74) is 1.79. The zero-order valence-electron chi connectivity index (χ0n) is 11.1. The lowest BCUT2D eigenvalue weighted by Gasteiger charge is -2.33. The fourth-order valence-corrected chi connectivity index (χ4v) is 2.38. The molecule has 1 fully saturated rings. The van der Waals surface area contributed by atoms with Crippen molar-refractivity contribution in [2.75, 3.05) is 19.7 Å². The van der Waals surface area contributed by atoms with Gasteiger partial charge in [-0.05, 0) is 17.7 Å². The predicted molar refractivity (Wildman–Crippen MR) is 75.3 cm³/mol. The molecule has 3 rings (SSSR count). The Balaban J connectivity index is 1.74. The van der Waals surface area contributed by atoms with Gasteiger partial charge in [0.1, 0.15) is 6.10 Å². The molecule has 20 heavy (non-hydrogen) atoms. The van der Waals surface area contributed by atoms with Gasteiger partial charge >= 0.3 is 0 Å². The van der Waals surface area contributed by atoms with Crippen molar-refractivity contribution in [1.29, 1.82) is 0 Å². The number of carbonyl (C=O) groups excluding carboxylic acids is 1. The van der Waals surface area contributed by atoms with Gasteiger partial charge < -0.3 is 9.64 Å². The highest BCUT2D eigenvalue weighted by atomic mass is 16.5. The average molecular weight is 268 g/mol. The van der Waals surface area contributed by atoms with E-state index in [1.807, 2.05) is 35.2 Å². The number of rotatable bonds is 2. The molecule has 1 saturated heterocycles. The first-order valence-electron chi connectivity index (χ1n) is 6.70. The maximum atomic E-state index is 12.4. The van der Waals surface area contributed by atoms with Crippen LogP contribution in [0.2, 0.25) is 0 Å². The Hall–Kier alpha value is -2.20. The second-order valence-corrected chi connectivity index (χ2v) is 4.76. The van der Waals surface area contributed by atoms with Crippen LogP contribution >= 0.6 is 0 Å². The van der Waals surface area contributed by atoms with E-state index in [9.17, 15) is 4.79 Å². The van der Waals surface area contributed by atoms with Crippen molar-refractivity contribution < 1.29 is 9.53 Å². The number of aromatic nitrogens is 1. The monoisotopic (exact) mass is 268 g/mol. The second-order valence-electron chi connectivity index (χ2n) is 4.76. The zero-order valence-corrected chi connectivity index (χ0v) is 11.1. The number of nitrogens with zero attached hydrogens (tertiary/aromatic N) is 2. The number of hydrogen-bond acceptors (Lipinski definition) is 3. The summed E-state index contributed by atoms with van der Waals surface area (Å²) in [7, 11) is 0. The highest BCUT2D eigenvalue weighted by Crippen LogP contribution is 2.22. The minimum Gasteiger partial charge on any atom is -0.370 e. The molecule has 0 spiro atoms. The molecule has 4 nitrogen and oxygen atoms in total. The van der Waals surface area contributed by atoms with Crippen molar-refractivity contribution >= 4 is 5.91 Å². The van der Waals surface area contributed by atoms with Crippen molar-refractivity contribution in [1.82, 2.24) is 9.88 Å². The lowest BCUT2D eigenvalue weighted by Crippen LogP contribution is -2.42. The van der Waals surface area contributed by atoms with Gasteiger partial charge in [-0.1, -0.05) is 30.3 Å². The first-order valence-corrected chi connectivity index (χ1v) is 6.70. The van der Waals surface area contributed by atoms with Crippen LogP contribution in [0.4, 0.5) is 0 Å². The summed E-state index contributed by atoms with van der Waals surface area (Å²) >= 11 is 0. The summed E-state index contributed by atoms with van der Waals surface area (Å²) in [4.78, 5) is 18.2. The number of hydrogen-bond donors (Lipinski definition) is 0. The lowest BCUT2D eigenvalue weighted by atomic mass is 10.1. The van der Waals surface area contributed by atoms with E-state index in [-0.39, 0.29) is 12.0 Å². The molecule has 0 radical (unpaired) electrons. The normalized spacial score (nSPS) is 18.8. The Morgan fingerprint density at radius 3 is 2.65 bits per heavy atom. The summed E-state index contributed by atoms with van der Waals surface area (Å²) in [5.74, 6) is 0.0385. The smallest absolute Gasteiger partial charge is 0.254 e. The third kappa shape index (κ3) is 2.70. The van der Waals surface area contributed by atoms with Crippen molar-refractivity contribution in [3.8, 4) is 0 Å². The number of ether oxygens (including phenoxy) is 1. The van der Waals surface area contributed by atoms with Gasteiger partial charge in [0.25, 0.3) is 5.91 Å². The number of morpholine rings is 1. The highest BCUT2D eigenvalue weighted by molar-refractivity contribution is 5.94. The third-order valence-electron chi connectivity index (χ3n) is 3.45. The quantitative estimate of drug-likeness (QED) is 0.839. The van der Waals surface area contributed by atoms with Crippen molar-refractivity contribution in [3.05, 3.63) is 66.0 Å². The summed E-state index contributed by atoms with van der Waals surface area (Å²) in [6.07, 6.45) is 3.24. The molecule has 1 amide bonds. The lowest BCUT2D eigenvalue weighted by molar-refractivity contribution is -0.0228. The molecule has 1 aromatic heterocycles. The van der Waals surface area contributed by atoms with Crippen LogP contribution in [-0.4, -0.2) is 35.5 Å². The van der Waals surface area contributed by atoms with Crippen LogP contribution in [0.5, 0.6) is 0 Å².